The molecule has 1 amide bonds. The molecule has 0 atom stereocenters. The molecule has 6 nitrogen and oxygen atoms in total. The van der Waals surface area contributed by atoms with E-state index in [9.17, 15) is 4.79 Å². The van der Waals surface area contributed by atoms with Crippen molar-refractivity contribution in [1.82, 2.24) is 10.2 Å². The lowest BCUT2D eigenvalue weighted by molar-refractivity contribution is -0.122. The summed E-state index contributed by atoms with van der Waals surface area (Å²) in [7, 11) is 1.58. The fourth-order valence-electron chi connectivity index (χ4n) is 2.54. The number of carbonyl (C=O) groups excluding carboxylic acids is 1. The van der Waals surface area contributed by atoms with Gasteiger partial charge in [-0.2, -0.15) is 0 Å². The fourth-order valence-corrected chi connectivity index (χ4v) is 3.45. The second-order valence-electron chi connectivity index (χ2n) is 5.46. The molecule has 0 saturated carbocycles. The van der Waals surface area contributed by atoms with Crippen LogP contribution in [0.3, 0.4) is 0 Å². The predicted octanol–water partition coefficient (Wildman–Crippen LogP) is 3.34. The molecule has 0 bridgehead atoms. The Hall–Kier alpha value is -1.64. The van der Waals surface area contributed by atoms with E-state index in [1.807, 2.05) is 26.0 Å². The monoisotopic (exact) mass is 442 g/mol. The molecule has 1 aromatic rings. The smallest absolute Gasteiger partial charge is 0.276 e. The highest BCUT2D eigenvalue weighted by atomic mass is 79.9. The van der Waals surface area contributed by atoms with Crippen LogP contribution in [-0.2, 0) is 9.53 Å². The van der Waals surface area contributed by atoms with E-state index < -0.39 is 0 Å². The Labute approximate surface area is 167 Å². The van der Waals surface area contributed by atoms with Gasteiger partial charge in [0.05, 0.1) is 18.2 Å². The number of benzene rings is 1. The molecular formula is C18H23BrN2O4S. The minimum Gasteiger partial charge on any atom is -0.492 e. The van der Waals surface area contributed by atoms with Crippen LogP contribution in [0, 0.1) is 0 Å². The number of halogens is 1. The van der Waals surface area contributed by atoms with Crippen molar-refractivity contribution in [2.45, 2.75) is 20.3 Å². The largest absolute Gasteiger partial charge is 0.492 e. The van der Waals surface area contributed by atoms with Crippen LogP contribution in [0.1, 0.15) is 25.8 Å². The van der Waals surface area contributed by atoms with Crippen LogP contribution in [0.4, 0.5) is 0 Å². The Morgan fingerprint density at radius 1 is 1.31 bits per heavy atom. The Bertz CT molecular complexity index is 709. The lowest BCUT2D eigenvalue weighted by atomic mass is 10.1. The number of rotatable bonds is 9. The van der Waals surface area contributed by atoms with Gasteiger partial charge in [-0.15, -0.1) is 0 Å². The normalized spacial score (nSPS) is 15.5. The molecule has 142 valence electrons. The van der Waals surface area contributed by atoms with E-state index in [0.717, 1.165) is 16.5 Å². The van der Waals surface area contributed by atoms with Crippen LogP contribution >= 0.6 is 28.1 Å². The summed E-state index contributed by atoms with van der Waals surface area (Å²) in [5, 5.41) is 3.40. The van der Waals surface area contributed by atoms with Gasteiger partial charge in [0.2, 0.25) is 0 Å². The van der Waals surface area contributed by atoms with Crippen molar-refractivity contribution in [3.05, 3.63) is 27.9 Å². The number of ether oxygens (including phenoxy) is 3. The molecule has 26 heavy (non-hydrogen) atoms. The summed E-state index contributed by atoms with van der Waals surface area (Å²) in [6.07, 6.45) is 2.49. The highest BCUT2D eigenvalue weighted by Gasteiger charge is 2.30. The summed E-state index contributed by atoms with van der Waals surface area (Å²) in [6.45, 7) is 6.15. The van der Waals surface area contributed by atoms with E-state index in [1.54, 1.807) is 18.1 Å². The maximum atomic E-state index is 12.6. The van der Waals surface area contributed by atoms with Crippen molar-refractivity contribution in [2.75, 3.05) is 33.5 Å². The Morgan fingerprint density at radius 2 is 2.08 bits per heavy atom. The minimum atomic E-state index is -0.142. The molecule has 0 aliphatic carbocycles. The van der Waals surface area contributed by atoms with Crippen LogP contribution in [0.15, 0.2) is 22.3 Å². The zero-order valence-corrected chi connectivity index (χ0v) is 17.5. The van der Waals surface area contributed by atoms with E-state index in [2.05, 4.69) is 21.2 Å². The Kier molecular flexibility index (Phi) is 7.86. The lowest BCUT2D eigenvalue weighted by Crippen LogP contribution is -2.32. The van der Waals surface area contributed by atoms with Crippen LogP contribution in [0.2, 0.25) is 0 Å². The third-order valence-electron chi connectivity index (χ3n) is 3.68. The first-order valence-electron chi connectivity index (χ1n) is 8.44. The fraction of sp³-hybridized carbons (Fsp3) is 0.444. The summed E-state index contributed by atoms with van der Waals surface area (Å²) in [6, 6.07) is 3.69. The van der Waals surface area contributed by atoms with E-state index in [-0.39, 0.29) is 5.91 Å². The van der Waals surface area contributed by atoms with Gasteiger partial charge in [0, 0.05) is 19.8 Å². The summed E-state index contributed by atoms with van der Waals surface area (Å²) in [5.41, 5.74) is 1.24. The number of thiocarbonyl (C=S) groups is 1. The second-order valence-corrected chi connectivity index (χ2v) is 6.70. The number of amides is 1. The van der Waals surface area contributed by atoms with Crippen LogP contribution in [-0.4, -0.2) is 49.4 Å². The van der Waals surface area contributed by atoms with Crippen molar-refractivity contribution < 1.29 is 19.0 Å². The van der Waals surface area contributed by atoms with E-state index in [4.69, 9.17) is 26.4 Å². The summed E-state index contributed by atoms with van der Waals surface area (Å²) in [5.74, 6) is 1.09. The van der Waals surface area contributed by atoms with Gasteiger partial charge >= 0.3 is 0 Å². The first-order valence-corrected chi connectivity index (χ1v) is 9.64. The van der Waals surface area contributed by atoms with Crippen molar-refractivity contribution in [3.63, 3.8) is 0 Å². The maximum absolute atomic E-state index is 12.6. The molecule has 1 fully saturated rings. The zero-order valence-electron chi connectivity index (χ0n) is 15.1. The van der Waals surface area contributed by atoms with Crippen molar-refractivity contribution in [3.8, 4) is 11.5 Å². The molecule has 2 rings (SSSR count). The topological polar surface area (TPSA) is 60.0 Å². The number of methoxy groups -OCH3 is 1. The van der Waals surface area contributed by atoms with Gasteiger partial charge < -0.3 is 19.5 Å². The van der Waals surface area contributed by atoms with E-state index >= 15 is 0 Å². The van der Waals surface area contributed by atoms with Crippen molar-refractivity contribution in [1.29, 1.82) is 0 Å². The van der Waals surface area contributed by atoms with Gasteiger partial charge in [-0.3, -0.25) is 9.69 Å². The van der Waals surface area contributed by atoms with Gasteiger partial charge in [0.25, 0.3) is 5.91 Å². The van der Waals surface area contributed by atoms with Crippen LogP contribution in [0.5, 0.6) is 11.5 Å². The first-order chi connectivity index (χ1) is 12.5. The molecule has 1 aliphatic rings. The molecule has 8 heteroatoms. The Morgan fingerprint density at radius 3 is 2.73 bits per heavy atom. The van der Waals surface area contributed by atoms with Crippen LogP contribution in [0.25, 0.3) is 6.08 Å². The lowest BCUT2D eigenvalue weighted by Gasteiger charge is -2.13. The molecule has 1 saturated heterocycles. The second kappa shape index (κ2) is 9.89. The molecule has 1 heterocycles. The number of nitrogens with one attached hydrogen (secondary N) is 1. The average molecular weight is 443 g/mol. The van der Waals surface area contributed by atoms with Crippen molar-refractivity contribution >= 4 is 45.2 Å². The molecule has 0 spiro atoms. The summed E-state index contributed by atoms with van der Waals surface area (Å²) < 4.78 is 17.0. The third-order valence-corrected chi connectivity index (χ3v) is 4.60. The molecular weight excluding hydrogens is 420 g/mol. The number of carbonyl (C=O) groups is 1. The van der Waals surface area contributed by atoms with Gasteiger partial charge in [-0.1, -0.05) is 0 Å². The molecule has 0 unspecified atom stereocenters. The zero-order chi connectivity index (χ0) is 19.1. The first kappa shape index (κ1) is 20.7. The molecule has 1 aromatic carbocycles. The van der Waals surface area contributed by atoms with E-state index in [1.165, 1.54) is 0 Å². The maximum Gasteiger partial charge on any atom is 0.276 e. The van der Waals surface area contributed by atoms with Gasteiger partial charge in [-0.05, 0) is 72.2 Å². The molecule has 1 N–H and O–H groups in total. The third kappa shape index (κ3) is 4.96. The standard InChI is InChI=1S/C18H23BrN2O4S/c1-4-24-8-6-7-21-17(22)14(20-18(21)26)10-12-9-13(19)16(23-3)15(11-12)25-5-2/h9-11H,4-8H2,1-3H3,(H,20,26)/b14-10+. The molecule has 0 radical (unpaired) electrons. The molecule has 0 aromatic heterocycles. The number of nitrogens with zero attached hydrogens (tertiary/aromatic N) is 1. The van der Waals surface area contributed by atoms with Crippen LogP contribution < -0.4 is 14.8 Å². The van der Waals surface area contributed by atoms with Gasteiger partial charge in [-0.25, -0.2) is 0 Å². The average Bonchev–Trinajstić information content (AvgIpc) is 2.86. The van der Waals surface area contributed by atoms with Gasteiger partial charge in [0.1, 0.15) is 5.70 Å². The van der Waals surface area contributed by atoms with Gasteiger partial charge in [0.15, 0.2) is 16.6 Å². The summed E-state index contributed by atoms with van der Waals surface area (Å²) in [4.78, 5) is 14.2. The number of hydrogen-bond acceptors (Lipinski definition) is 5. The Balaban J connectivity index is 2.19. The molecule has 1 aliphatic heterocycles. The van der Waals surface area contributed by atoms with Crippen molar-refractivity contribution in [2.24, 2.45) is 0 Å². The predicted molar refractivity (Wildman–Crippen MR) is 108 cm³/mol. The van der Waals surface area contributed by atoms with E-state index in [0.29, 0.717) is 48.7 Å². The quantitative estimate of drug-likeness (QED) is 0.359. The highest BCUT2D eigenvalue weighted by molar-refractivity contribution is 9.10. The SMILES string of the molecule is CCOCCCN1C(=O)/C(=C\c2cc(Br)c(OC)c(OCC)c2)NC1=S. The minimum absolute atomic E-state index is 0.142. The number of hydrogen-bond donors (Lipinski definition) is 1. The summed E-state index contributed by atoms with van der Waals surface area (Å²) >= 11 is 8.76. The highest BCUT2D eigenvalue weighted by Crippen LogP contribution is 2.37.